The first kappa shape index (κ1) is 19.0. The van der Waals surface area contributed by atoms with Crippen LogP contribution in [0.2, 0.25) is 0 Å². The second-order valence-electron chi connectivity index (χ2n) is 5.42. The standard InChI is InChI=1S/C19H20BrNO4/c1-3-11-24-19(23)14-7-9-16(10-8-14)21-18(22)13(2)25-17-6-4-5-15(20)12-17/h4-10,12-13H,3,11H2,1-2H3,(H,21,22). The van der Waals surface area contributed by atoms with Crippen LogP contribution in [0.25, 0.3) is 0 Å². The van der Waals surface area contributed by atoms with Crippen molar-refractivity contribution in [2.45, 2.75) is 26.4 Å². The zero-order valence-corrected chi connectivity index (χ0v) is 15.7. The van der Waals surface area contributed by atoms with Gasteiger partial charge in [-0.25, -0.2) is 4.79 Å². The van der Waals surface area contributed by atoms with Gasteiger partial charge in [0.05, 0.1) is 12.2 Å². The lowest BCUT2D eigenvalue weighted by Crippen LogP contribution is -2.30. The van der Waals surface area contributed by atoms with Crippen molar-refractivity contribution in [2.24, 2.45) is 0 Å². The number of halogens is 1. The molecule has 1 amide bonds. The van der Waals surface area contributed by atoms with E-state index in [4.69, 9.17) is 9.47 Å². The number of hydrogen-bond acceptors (Lipinski definition) is 4. The monoisotopic (exact) mass is 405 g/mol. The summed E-state index contributed by atoms with van der Waals surface area (Å²) in [4.78, 5) is 24.0. The fourth-order valence-electron chi connectivity index (χ4n) is 2.01. The SMILES string of the molecule is CCCOC(=O)c1ccc(NC(=O)C(C)Oc2cccc(Br)c2)cc1. The Morgan fingerprint density at radius 2 is 1.88 bits per heavy atom. The summed E-state index contributed by atoms with van der Waals surface area (Å²) < 4.78 is 11.6. The first-order chi connectivity index (χ1) is 12.0. The van der Waals surface area contributed by atoms with Crippen molar-refractivity contribution in [3.05, 3.63) is 58.6 Å². The van der Waals surface area contributed by atoms with E-state index in [0.717, 1.165) is 10.9 Å². The van der Waals surface area contributed by atoms with Crippen LogP contribution in [0.15, 0.2) is 53.0 Å². The topological polar surface area (TPSA) is 64.6 Å². The smallest absolute Gasteiger partial charge is 0.338 e. The number of amides is 1. The summed E-state index contributed by atoms with van der Waals surface area (Å²) >= 11 is 3.36. The van der Waals surface area contributed by atoms with Crippen LogP contribution in [0.1, 0.15) is 30.6 Å². The Morgan fingerprint density at radius 1 is 1.16 bits per heavy atom. The lowest BCUT2D eigenvalue weighted by molar-refractivity contribution is -0.122. The molecule has 0 heterocycles. The van der Waals surface area contributed by atoms with Gasteiger partial charge >= 0.3 is 5.97 Å². The van der Waals surface area contributed by atoms with E-state index >= 15 is 0 Å². The molecule has 5 nitrogen and oxygen atoms in total. The third kappa shape index (κ3) is 5.90. The number of anilines is 1. The van der Waals surface area contributed by atoms with Crippen LogP contribution in [-0.4, -0.2) is 24.6 Å². The highest BCUT2D eigenvalue weighted by molar-refractivity contribution is 9.10. The van der Waals surface area contributed by atoms with E-state index in [-0.39, 0.29) is 11.9 Å². The Balaban J connectivity index is 1.92. The molecular weight excluding hydrogens is 386 g/mol. The number of esters is 1. The molecule has 2 aromatic carbocycles. The number of rotatable bonds is 7. The van der Waals surface area contributed by atoms with Crippen molar-refractivity contribution < 1.29 is 19.1 Å². The van der Waals surface area contributed by atoms with Gasteiger partial charge in [-0.05, 0) is 55.8 Å². The predicted molar refractivity (Wildman–Crippen MR) is 99.9 cm³/mol. The van der Waals surface area contributed by atoms with Gasteiger partial charge in [-0.2, -0.15) is 0 Å². The van der Waals surface area contributed by atoms with Gasteiger partial charge in [-0.15, -0.1) is 0 Å². The van der Waals surface area contributed by atoms with Crippen molar-refractivity contribution in [2.75, 3.05) is 11.9 Å². The summed E-state index contributed by atoms with van der Waals surface area (Å²) in [5, 5.41) is 2.76. The molecule has 0 saturated carbocycles. The molecule has 0 aliphatic rings. The minimum atomic E-state index is -0.663. The molecule has 2 aromatic rings. The van der Waals surface area contributed by atoms with E-state index < -0.39 is 6.10 Å². The maximum absolute atomic E-state index is 12.2. The predicted octanol–water partition coefficient (Wildman–Crippen LogP) is 4.42. The fourth-order valence-corrected chi connectivity index (χ4v) is 2.39. The Kier molecular flexibility index (Phi) is 7.01. The van der Waals surface area contributed by atoms with E-state index in [0.29, 0.717) is 23.6 Å². The second-order valence-corrected chi connectivity index (χ2v) is 6.34. The summed E-state index contributed by atoms with van der Waals surface area (Å²) in [6, 6.07) is 13.8. The van der Waals surface area contributed by atoms with E-state index in [1.54, 1.807) is 43.3 Å². The van der Waals surface area contributed by atoms with Gasteiger partial charge in [0.15, 0.2) is 6.10 Å². The van der Waals surface area contributed by atoms with Gasteiger partial charge in [0, 0.05) is 10.2 Å². The van der Waals surface area contributed by atoms with Crippen LogP contribution in [0.3, 0.4) is 0 Å². The third-order valence-corrected chi connectivity index (χ3v) is 3.80. The summed E-state index contributed by atoms with van der Waals surface area (Å²) in [5.74, 6) is -0.0431. The molecule has 0 aliphatic carbocycles. The molecule has 1 N–H and O–H groups in total. The molecule has 0 radical (unpaired) electrons. The highest BCUT2D eigenvalue weighted by Crippen LogP contribution is 2.19. The van der Waals surface area contributed by atoms with E-state index in [1.807, 2.05) is 19.1 Å². The Bertz CT molecular complexity index is 730. The minimum Gasteiger partial charge on any atom is -0.481 e. The van der Waals surface area contributed by atoms with E-state index in [2.05, 4.69) is 21.2 Å². The molecule has 0 aliphatic heterocycles. The Hall–Kier alpha value is -2.34. The number of nitrogens with one attached hydrogen (secondary N) is 1. The summed E-state index contributed by atoms with van der Waals surface area (Å²) in [7, 11) is 0. The van der Waals surface area contributed by atoms with Crippen molar-refractivity contribution >= 4 is 33.5 Å². The van der Waals surface area contributed by atoms with Gasteiger partial charge in [-0.1, -0.05) is 28.9 Å². The molecule has 6 heteroatoms. The quantitative estimate of drug-likeness (QED) is 0.692. The molecule has 2 rings (SSSR count). The largest absolute Gasteiger partial charge is 0.481 e. The first-order valence-electron chi connectivity index (χ1n) is 8.00. The van der Waals surface area contributed by atoms with Crippen molar-refractivity contribution in [1.82, 2.24) is 0 Å². The number of carbonyl (C=O) groups excluding carboxylic acids is 2. The van der Waals surface area contributed by atoms with Crippen molar-refractivity contribution in [3.63, 3.8) is 0 Å². The van der Waals surface area contributed by atoms with Crippen LogP contribution in [0, 0.1) is 0 Å². The molecule has 0 spiro atoms. The zero-order chi connectivity index (χ0) is 18.2. The average Bonchev–Trinajstić information content (AvgIpc) is 2.60. The highest BCUT2D eigenvalue weighted by atomic mass is 79.9. The number of ether oxygens (including phenoxy) is 2. The van der Waals surface area contributed by atoms with Gasteiger partial charge in [0.1, 0.15) is 5.75 Å². The van der Waals surface area contributed by atoms with E-state index in [1.165, 1.54) is 0 Å². The normalized spacial score (nSPS) is 11.5. The summed E-state index contributed by atoms with van der Waals surface area (Å²) in [6.07, 6.45) is 0.110. The van der Waals surface area contributed by atoms with Gasteiger partial charge in [-0.3, -0.25) is 4.79 Å². The third-order valence-electron chi connectivity index (χ3n) is 3.30. The molecule has 0 saturated heterocycles. The lowest BCUT2D eigenvalue weighted by atomic mass is 10.2. The van der Waals surface area contributed by atoms with Crippen LogP contribution >= 0.6 is 15.9 Å². The molecule has 0 aromatic heterocycles. The maximum atomic E-state index is 12.2. The Morgan fingerprint density at radius 3 is 2.52 bits per heavy atom. The van der Waals surface area contributed by atoms with Crippen LogP contribution in [0.5, 0.6) is 5.75 Å². The zero-order valence-electron chi connectivity index (χ0n) is 14.1. The molecule has 1 atom stereocenters. The summed E-state index contributed by atoms with van der Waals surface area (Å²) in [6.45, 7) is 4.00. The molecular formula is C19H20BrNO4. The van der Waals surface area contributed by atoms with Crippen molar-refractivity contribution in [3.8, 4) is 5.75 Å². The van der Waals surface area contributed by atoms with Gasteiger partial charge in [0.25, 0.3) is 5.91 Å². The average molecular weight is 406 g/mol. The van der Waals surface area contributed by atoms with Gasteiger partial charge in [0.2, 0.25) is 0 Å². The van der Waals surface area contributed by atoms with Crippen LogP contribution in [0.4, 0.5) is 5.69 Å². The molecule has 1 unspecified atom stereocenters. The number of benzene rings is 2. The molecule has 0 fully saturated rings. The number of carbonyl (C=O) groups is 2. The highest BCUT2D eigenvalue weighted by Gasteiger charge is 2.15. The number of hydrogen-bond donors (Lipinski definition) is 1. The minimum absolute atomic E-state index is 0.277. The first-order valence-corrected chi connectivity index (χ1v) is 8.79. The summed E-state index contributed by atoms with van der Waals surface area (Å²) in [5.41, 5.74) is 1.03. The molecule has 0 bridgehead atoms. The second kappa shape index (κ2) is 9.22. The van der Waals surface area contributed by atoms with Gasteiger partial charge < -0.3 is 14.8 Å². The maximum Gasteiger partial charge on any atom is 0.338 e. The fraction of sp³-hybridized carbons (Fsp3) is 0.263. The van der Waals surface area contributed by atoms with E-state index in [9.17, 15) is 9.59 Å². The Labute approximate surface area is 155 Å². The molecule has 25 heavy (non-hydrogen) atoms. The van der Waals surface area contributed by atoms with Crippen LogP contribution < -0.4 is 10.1 Å². The van der Waals surface area contributed by atoms with Crippen molar-refractivity contribution in [1.29, 1.82) is 0 Å². The molecule has 132 valence electrons. The lowest BCUT2D eigenvalue weighted by Gasteiger charge is -2.15. The van der Waals surface area contributed by atoms with Crippen LogP contribution in [-0.2, 0) is 9.53 Å².